The average molecular weight is 643 g/mol. The minimum atomic E-state index is -4.87. The Morgan fingerprint density at radius 1 is 0.911 bits per heavy atom. The van der Waals surface area contributed by atoms with E-state index in [1.807, 2.05) is 0 Å². The number of hydrogen-bond acceptors (Lipinski definition) is 7. The Balaban J connectivity index is 1.06. The monoisotopic (exact) mass is 642 g/mol. The number of rotatable bonds is 7. The Labute approximate surface area is 252 Å². The summed E-state index contributed by atoms with van der Waals surface area (Å²) in [6, 6.07) is 6.87. The van der Waals surface area contributed by atoms with Crippen LogP contribution in [0.3, 0.4) is 0 Å². The van der Waals surface area contributed by atoms with Gasteiger partial charge in [-0.2, -0.15) is 26.3 Å². The van der Waals surface area contributed by atoms with Crippen molar-refractivity contribution < 1.29 is 50.0 Å². The van der Waals surface area contributed by atoms with Crippen molar-refractivity contribution >= 4 is 34.2 Å². The van der Waals surface area contributed by atoms with Crippen LogP contribution in [0.25, 0.3) is 11.0 Å². The molecule has 0 spiro atoms. The molecule has 16 heteroatoms. The van der Waals surface area contributed by atoms with Crippen LogP contribution in [-0.4, -0.2) is 71.5 Å². The van der Waals surface area contributed by atoms with Crippen molar-refractivity contribution in [2.45, 2.75) is 50.2 Å². The highest BCUT2D eigenvalue weighted by molar-refractivity contribution is 5.96. The van der Waals surface area contributed by atoms with Gasteiger partial charge in [-0.3, -0.25) is 19.7 Å². The fourth-order valence-electron chi connectivity index (χ4n) is 5.54. The van der Waals surface area contributed by atoms with E-state index in [-0.39, 0.29) is 73.3 Å². The van der Waals surface area contributed by atoms with Gasteiger partial charge in [0.05, 0.1) is 16.6 Å². The van der Waals surface area contributed by atoms with E-state index < -0.39 is 40.0 Å². The molecular weight excluding hydrogens is 614 g/mol. The van der Waals surface area contributed by atoms with E-state index in [1.54, 1.807) is 4.90 Å². The molecule has 2 aromatic carbocycles. The zero-order chi connectivity index (χ0) is 32.5. The number of amides is 2. The number of carbonyl (C=O) groups is 2. The molecule has 0 atom stereocenters. The zero-order valence-corrected chi connectivity index (χ0v) is 23.6. The van der Waals surface area contributed by atoms with E-state index in [9.17, 15) is 46.0 Å². The maximum atomic E-state index is 13.3. The number of carbonyl (C=O) groups excluding carboxylic acids is 2. The second kappa shape index (κ2) is 12.6. The van der Waals surface area contributed by atoms with Crippen LogP contribution in [0.4, 0.5) is 37.7 Å². The third kappa shape index (κ3) is 7.49. The predicted molar refractivity (Wildman–Crippen MR) is 147 cm³/mol. The smallest absolute Gasteiger partial charge is 0.423 e. The first kappa shape index (κ1) is 32.1. The summed E-state index contributed by atoms with van der Waals surface area (Å²) in [6.45, 7) is 0.686. The van der Waals surface area contributed by atoms with Gasteiger partial charge in [0.1, 0.15) is 17.8 Å². The number of nitro groups is 1. The molecule has 1 aromatic heterocycles. The molecule has 0 bridgehead atoms. The average Bonchev–Trinajstić information content (AvgIpc) is 3.43. The molecular formula is C29H28F6N4O6. The highest BCUT2D eigenvalue weighted by atomic mass is 19.4. The lowest BCUT2D eigenvalue weighted by Crippen LogP contribution is -2.51. The second-order valence-corrected chi connectivity index (χ2v) is 10.9. The standard InChI is InChI=1S/C29H28F6N4O6/c30-28(31,32)18-1-8-24-17(13-18)14-25(45-24)27(41)38-11-9-37(10-12-38)26(40)16-44-21-5-2-19(3-6-21)36-20-4-7-23(39(42)43)22(15-20)29(33,34)35/h1,4,7-8,13-15,19,21,36H,2-3,5-6,9-12,16H2. The fourth-order valence-corrected chi connectivity index (χ4v) is 5.54. The van der Waals surface area contributed by atoms with Gasteiger partial charge in [-0.05, 0) is 62.1 Å². The predicted octanol–water partition coefficient (Wildman–Crippen LogP) is 6.10. The normalized spacial score (nSPS) is 19.5. The van der Waals surface area contributed by atoms with Crippen LogP contribution in [0.2, 0.25) is 0 Å². The summed E-state index contributed by atoms with van der Waals surface area (Å²) >= 11 is 0. The number of fused-ring (bicyclic) bond motifs is 1. The lowest BCUT2D eigenvalue weighted by Gasteiger charge is -2.35. The van der Waals surface area contributed by atoms with Crippen molar-refractivity contribution in [1.29, 1.82) is 0 Å². The minimum absolute atomic E-state index is 0.0908. The molecule has 1 saturated carbocycles. The molecule has 0 unspecified atom stereocenters. The number of benzene rings is 2. The van der Waals surface area contributed by atoms with Gasteiger partial charge in [0.25, 0.3) is 11.6 Å². The van der Waals surface area contributed by atoms with Gasteiger partial charge in [0.2, 0.25) is 5.91 Å². The third-order valence-corrected chi connectivity index (χ3v) is 7.96. The van der Waals surface area contributed by atoms with Crippen LogP contribution in [0.5, 0.6) is 0 Å². The molecule has 0 radical (unpaired) electrons. The maximum Gasteiger partial charge on any atom is 0.423 e. The van der Waals surface area contributed by atoms with E-state index in [2.05, 4.69) is 5.32 Å². The van der Waals surface area contributed by atoms with E-state index in [0.717, 1.165) is 24.3 Å². The van der Waals surface area contributed by atoms with E-state index >= 15 is 0 Å². The number of anilines is 1. The molecule has 2 aliphatic rings. The zero-order valence-electron chi connectivity index (χ0n) is 23.6. The van der Waals surface area contributed by atoms with Gasteiger partial charge < -0.3 is 24.3 Å². The topological polar surface area (TPSA) is 118 Å². The Kier molecular flexibility index (Phi) is 8.96. The van der Waals surface area contributed by atoms with Crippen LogP contribution in [0.15, 0.2) is 46.9 Å². The van der Waals surface area contributed by atoms with Gasteiger partial charge >= 0.3 is 12.4 Å². The van der Waals surface area contributed by atoms with E-state index in [4.69, 9.17) is 9.15 Å². The number of ether oxygens (including phenoxy) is 1. The molecule has 1 saturated heterocycles. The van der Waals surface area contributed by atoms with Crippen molar-refractivity contribution in [2.75, 3.05) is 38.1 Å². The molecule has 45 heavy (non-hydrogen) atoms. The highest BCUT2D eigenvalue weighted by Gasteiger charge is 2.39. The van der Waals surface area contributed by atoms with Crippen LogP contribution >= 0.6 is 0 Å². The summed E-state index contributed by atoms with van der Waals surface area (Å²) in [4.78, 5) is 38.6. The summed E-state index contributed by atoms with van der Waals surface area (Å²) in [6.07, 6.45) is -7.42. The maximum absolute atomic E-state index is 13.3. The first-order valence-electron chi connectivity index (χ1n) is 14.1. The minimum Gasteiger partial charge on any atom is -0.451 e. The largest absolute Gasteiger partial charge is 0.451 e. The van der Waals surface area contributed by atoms with Crippen molar-refractivity contribution in [3.8, 4) is 0 Å². The number of furan rings is 1. The number of nitrogens with one attached hydrogen (secondary N) is 1. The highest BCUT2D eigenvalue weighted by Crippen LogP contribution is 2.38. The van der Waals surface area contributed by atoms with Gasteiger partial charge in [0.15, 0.2) is 5.76 Å². The number of hydrogen-bond donors (Lipinski definition) is 1. The number of nitrogens with zero attached hydrogens (tertiary/aromatic N) is 3. The van der Waals surface area contributed by atoms with Gasteiger partial charge in [-0.1, -0.05) is 0 Å². The van der Waals surface area contributed by atoms with Crippen molar-refractivity contribution in [2.24, 2.45) is 0 Å². The van der Waals surface area contributed by atoms with E-state index in [1.165, 1.54) is 23.1 Å². The van der Waals surface area contributed by atoms with Crippen molar-refractivity contribution in [3.05, 3.63) is 69.5 Å². The van der Waals surface area contributed by atoms with Crippen LogP contribution < -0.4 is 5.32 Å². The molecule has 242 valence electrons. The Hall–Kier alpha value is -4.34. The van der Waals surface area contributed by atoms with Crippen molar-refractivity contribution in [1.82, 2.24) is 9.80 Å². The van der Waals surface area contributed by atoms with Gasteiger partial charge in [-0.25, -0.2) is 0 Å². The summed E-state index contributed by atoms with van der Waals surface area (Å²) in [5, 5.41) is 14.1. The first-order valence-corrected chi connectivity index (χ1v) is 14.1. The molecule has 1 aliphatic heterocycles. The third-order valence-electron chi connectivity index (χ3n) is 7.96. The molecule has 2 heterocycles. The molecule has 2 fully saturated rings. The number of nitro benzene ring substituents is 1. The summed E-state index contributed by atoms with van der Waals surface area (Å²) < 4.78 is 90.1. The number of piperazine rings is 1. The SMILES string of the molecule is O=C(COC1CCC(Nc2ccc([N+](=O)[O-])c(C(F)(F)F)c2)CC1)N1CCN(C(=O)c2cc3cc(C(F)(F)F)ccc3o2)CC1. The molecule has 3 aromatic rings. The molecule has 5 rings (SSSR count). The lowest BCUT2D eigenvalue weighted by atomic mass is 9.92. The molecule has 2 amide bonds. The van der Waals surface area contributed by atoms with E-state index in [0.29, 0.717) is 25.7 Å². The summed E-state index contributed by atoms with van der Waals surface area (Å²) in [7, 11) is 0. The van der Waals surface area contributed by atoms with Crippen LogP contribution in [-0.2, 0) is 21.9 Å². The fraction of sp³-hybridized carbons (Fsp3) is 0.448. The quantitative estimate of drug-likeness (QED) is 0.188. The van der Waals surface area contributed by atoms with Crippen molar-refractivity contribution in [3.63, 3.8) is 0 Å². The first-order chi connectivity index (χ1) is 21.2. The van der Waals surface area contributed by atoms with Crippen LogP contribution in [0, 0.1) is 10.1 Å². The Bertz CT molecular complexity index is 1570. The molecule has 10 nitrogen and oxygen atoms in total. The number of alkyl halides is 6. The van der Waals surface area contributed by atoms with Gasteiger partial charge in [0, 0.05) is 49.4 Å². The number of halogens is 6. The van der Waals surface area contributed by atoms with Gasteiger partial charge in [-0.15, -0.1) is 0 Å². The summed E-state index contributed by atoms with van der Waals surface area (Å²) in [5.41, 5.74) is -2.90. The Morgan fingerprint density at radius 3 is 2.20 bits per heavy atom. The molecule has 1 N–H and O–H groups in total. The summed E-state index contributed by atoms with van der Waals surface area (Å²) in [5.74, 6) is -0.847. The lowest BCUT2D eigenvalue weighted by molar-refractivity contribution is -0.388. The second-order valence-electron chi connectivity index (χ2n) is 10.9. The Morgan fingerprint density at radius 2 is 1.58 bits per heavy atom. The molecule has 1 aliphatic carbocycles. The van der Waals surface area contributed by atoms with Crippen LogP contribution in [0.1, 0.15) is 47.4 Å².